The van der Waals surface area contributed by atoms with Gasteiger partial charge in [0, 0.05) is 23.8 Å². The van der Waals surface area contributed by atoms with Crippen LogP contribution in [0, 0.1) is 11.6 Å². The van der Waals surface area contributed by atoms with Gasteiger partial charge in [-0.1, -0.05) is 44.0 Å². The van der Waals surface area contributed by atoms with E-state index < -0.39 is 23.4 Å². The molecule has 0 heterocycles. The molecule has 27 heavy (non-hydrogen) atoms. The van der Waals surface area contributed by atoms with Gasteiger partial charge in [-0.3, -0.25) is 0 Å². The Morgan fingerprint density at radius 3 is 2.07 bits per heavy atom. The number of aryl methyl sites for hydroxylation is 1. The minimum absolute atomic E-state index is 0.0822. The molecule has 0 aliphatic carbocycles. The zero-order chi connectivity index (χ0) is 19.9. The zero-order valence-electron chi connectivity index (χ0n) is 15.0. The van der Waals surface area contributed by atoms with Crippen molar-refractivity contribution in [3.63, 3.8) is 0 Å². The molecule has 2 aromatic carbocycles. The average molecular weight is 384 g/mol. The predicted molar refractivity (Wildman–Crippen MR) is 95.5 cm³/mol. The molecule has 0 radical (unpaired) electrons. The monoisotopic (exact) mass is 384 g/mol. The molecule has 0 amide bonds. The number of ether oxygens (including phenoxy) is 1. The van der Waals surface area contributed by atoms with Crippen molar-refractivity contribution in [1.82, 2.24) is 0 Å². The van der Waals surface area contributed by atoms with Crippen molar-refractivity contribution < 1.29 is 26.7 Å². The van der Waals surface area contributed by atoms with Crippen LogP contribution in [-0.4, -0.2) is 6.18 Å². The smallest absolute Gasteiger partial charge is 0.409 e. The number of hydrogen-bond acceptors (Lipinski definition) is 1. The Labute approximate surface area is 155 Å². The second-order valence-corrected chi connectivity index (χ2v) is 6.24. The Hall–Kier alpha value is -2.37. The van der Waals surface area contributed by atoms with E-state index in [1.807, 2.05) is 24.3 Å². The lowest BCUT2D eigenvalue weighted by atomic mass is 10.1. The number of alkyl halides is 3. The van der Waals surface area contributed by atoms with Gasteiger partial charge in [-0.25, -0.2) is 8.78 Å². The number of unbranched alkanes of at least 4 members (excludes halogenated alkanes) is 2. The Morgan fingerprint density at radius 2 is 1.52 bits per heavy atom. The first-order chi connectivity index (χ1) is 12.8. The standard InChI is InChI=1S/C21H21F5O/c1-2-3-4-5-15-6-8-16(9-7-15)14-27-17-12-19(22)18(20(23)13-17)10-11-21(24,25)26/h6-13H,2-5,14H2,1H3/b11-10+. The van der Waals surface area contributed by atoms with Crippen LogP contribution in [0.2, 0.25) is 0 Å². The summed E-state index contributed by atoms with van der Waals surface area (Å²) in [5, 5.41) is 0. The van der Waals surface area contributed by atoms with Crippen LogP contribution in [0.4, 0.5) is 22.0 Å². The first-order valence-electron chi connectivity index (χ1n) is 8.74. The van der Waals surface area contributed by atoms with Gasteiger partial charge in [0.1, 0.15) is 24.0 Å². The molecule has 2 rings (SSSR count). The molecule has 0 fully saturated rings. The fraction of sp³-hybridized carbons (Fsp3) is 0.333. The largest absolute Gasteiger partial charge is 0.489 e. The van der Waals surface area contributed by atoms with Crippen LogP contribution in [0.15, 0.2) is 42.5 Å². The Balaban J connectivity index is 1.99. The van der Waals surface area contributed by atoms with Crippen molar-refractivity contribution in [1.29, 1.82) is 0 Å². The predicted octanol–water partition coefficient (Wildman–Crippen LogP) is 6.85. The van der Waals surface area contributed by atoms with Crippen LogP contribution in [0.5, 0.6) is 5.75 Å². The lowest BCUT2D eigenvalue weighted by molar-refractivity contribution is -0.0790. The number of hydrogen-bond donors (Lipinski definition) is 0. The lowest BCUT2D eigenvalue weighted by Crippen LogP contribution is -2.02. The third kappa shape index (κ3) is 7.04. The van der Waals surface area contributed by atoms with Crippen molar-refractivity contribution in [3.05, 3.63) is 70.8 Å². The molecule has 146 valence electrons. The minimum atomic E-state index is -4.64. The van der Waals surface area contributed by atoms with Gasteiger partial charge >= 0.3 is 6.18 Å². The molecule has 0 saturated carbocycles. The highest BCUT2D eigenvalue weighted by Gasteiger charge is 2.23. The van der Waals surface area contributed by atoms with Gasteiger partial charge in [-0.2, -0.15) is 13.2 Å². The molecule has 0 saturated heterocycles. The van der Waals surface area contributed by atoms with Gasteiger partial charge in [0.25, 0.3) is 0 Å². The molecule has 6 heteroatoms. The van der Waals surface area contributed by atoms with E-state index in [1.165, 1.54) is 12.0 Å². The molecule has 0 unspecified atom stereocenters. The van der Waals surface area contributed by atoms with Crippen molar-refractivity contribution >= 4 is 6.08 Å². The highest BCUT2D eigenvalue weighted by molar-refractivity contribution is 5.53. The molecule has 0 spiro atoms. The quantitative estimate of drug-likeness (QED) is 0.357. The molecule has 0 bridgehead atoms. The Bertz CT molecular complexity index is 740. The lowest BCUT2D eigenvalue weighted by Gasteiger charge is -2.09. The number of rotatable bonds is 8. The van der Waals surface area contributed by atoms with Crippen molar-refractivity contribution in [2.24, 2.45) is 0 Å². The molecule has 1 nitrogen and oxygen atoms in total. The Kier molecular flexibility index (Phi) is 7.39. The highest BCUT2D eigenvalue weighted by Crippen LogP contribution is 2.25. The summed E-state index contributed by atoms with van der Waals surface area (Å²) < 4.78 is 69.6. The summed E-state index contributed by atoms with van der Waals surface area (Å²) in [4.78, 5) is 0. The maximum atomic E-state index is 13.9. The van der Waals surface area contributed by atoms with Crippen LogP contribution >= 0.6 is 0 Å². The normalized spacial score (nSPS) is 11.9. The summed E-state index contributed by atoms with van der Waals surface area (Å²) in [7, 11) is 0. The summed E-state index contributed by atoms with van der Waals surface area (Å²) in [5.74, 6) is -2.31. The zero-order valence-corrected chi connectivity index (χ0v) is 15.0. The SMILES string of the molecule is CCCCCc1ccc(COc2cc(F)c(/C=C/C(F)(F)F)c(F)c2)cc1. The van der Waals surface area contributed by atoms with E-state index in [2.05, 4.69) is 6.92 Å². The van der Waals surface area contributed by atoms with E-state index in [0.29, 0.717) is 6.08 Å². The maximum Gasteiger partial charge on any atom is 0.409 e. The highest BCUT2D eigenvalue weighted by atomic mass is 19.4. The van der Waals surface area contributed by atoms with Crippen LogP contribution < -0.4 is 4.74 Å². The van der Waals surface area contributed by atoms with E-state index >= 15 is 0 Å². The molecule has 0 aromatic heterocycles. The molecular weight excluding hydrogens is 363 g/mol. The molecule has 0 atom stereocenters. The van der Waals surface area contributed by atoms with Gasteiger partial charge in [-0.05, 0) is 30.0 Å². The number of allylic oxidation sites excluding steroid dienone is 1. The summed E-state index contributed by atoms with van der Waals surface area (Å²) in [6, 6.07) is 9.49. The average Bonchev–Trinajstić information content (AvgIpc) is 2.59. The van der Waals surface area contributed by atoms with Crippen molar-refractivity contribution in [2.45, 2.75) is 45.4 Å². The van der Waals surface area contributed by atoms with Crippen molar-refractivity contribution in [3.8, 4) is 5.75 Å². The Morgan fingerprint density at radius 1 is 0.926 bits per heavy atom. The summed E-state index contributed by atoms with van der Waals surface area (Å²) in [6.07, 6.45) is -0.0299. The fourth-order valence-corrected chi connectivity index (χ4v) is 2.53. The van der Waals surface area contributed by atoms with E-state index in [9.17, 15) is 22.0 Å². The van der Waals surface area contributed by atoms with E-state index in [0.717, 1.165) is 37.0 Å². The van der Waals surface area contributed by atoms with E-state index in [1.54, 1.807) is 0 Å². The van der Waals surface area contributed by atoms with Crippen molar-refractivity contribution in [2.75, 3.05) is 0 Å². The molecular formula is C21H21F5O. The molecule has 2 aromatic rings. The van der Waals surface area contributed by atoms with Gasteiger partial charge in [0.15, 0.2) is 0 Å². The molecule has 0 aliphatic heterocycles. The first kappa shape index (κ1) is 20.9. The second kappa shape index (κ2) is 9.53. The van der Waals surface area contributed by atoms with E-state index in [-0.39, 0.29) is 18.4 Å². The van der Waals surface area contributed by atoms with Crippen LogP contribution in [0.1, 0.15) is 42.9 Å². The third-order valence-corrected chi connectivity index (χ3v) is 3.99. The van der Waals surface area contributed by atoms with Crippen LogP contribution in [0.3, 0.4) is 0 Å². The summed E-state index contributed by atoms with van der Waals surface area (Å²) >= 11 is 0. The second-order valence-electron chi connectivity index (χ2n) is 6.24. The van der Waals surface area contributed by atoms with Crippen LogP contribution in [0.25, 0.3) is 6.08 Å². The fourth-order valence-electron chi connectivity index (χ4n) is 2.53. The van der Waals surface area contributed by atoms with Gasteiger partial charge in [-0.15, -0.1) is 0 Å². The van der Waals surface area contributed by atoms with E-state index in [4.69, 9.17) is 4.74 Å². The van der Waals surface area contributed by atoms with Gasteiger partial charge in [0.2, 0.25) is 0 Å². The number of halogens is 5. The molecule has 0 N–H and O–H groups in total. The van der Waals surface area contributed by atoms with Crippen LogP contribution in [-0.2, 0) is 13.0 Å². The summed E-state index contributed by atoms with van der Waals surface area (Å²) in [6.45, 7) is 2.25. The topological polar surface area (TPSA) is 9.23 Å². The first-order valence-corrected chi connectivity index (χ1v) is 8.74. The third-order valence-electron chi connectivity index (χ3n) is 3.99. The molecule has 0 aliphatic rings. The van der Waals surface area contributed by atoms with Gasteiger partial charge < -0.3 is 4.74 Å². The van der Waals surface area contributed by atoms with Gasteiger partial charge in [0.05, 0.1) is 0 Å². The maximum absolute atomic E-state index is 13.9. The minimum Gasteiger partial charge on any atom is -0.489 e. The number of benzene rings is 2. The summed E-state index contributed by atoms with van der Waals surface area (Å²) in [5.41, 5.74) is 1.29.